The van der Waals surface area contributed by atoms with E-state index in [1.165, 1.54) is 0 Å². The summed E-state index contributed by atoms with van der Waals surface area (Å²) in [6.07, 6.45) is -9.77. The summed E-state index contributed by atoms with van der Waals surface area (Å²) in [5.41, 5.74) is -0.0307. The summed E-state index contributed by atoms with van der Waals surface area (Å²) in [5, 5.41) is 0. The summed E-state index contributed by atoms with van der Waals surface area (Å²) >= 11 is 0. The standard InChI is InChI=1S/C23H21F6NO/c1-15-8-9-16(2)30(15)21(18-6-4-3-5-7-18)14-31-13-17-10-19(22(24,25)26)12-20(11-17)23(27,28)29/h3-12,21H,13-14H2,1-2H3. The zero-order chi connectivity index (χ0) is 22.8. The van der Waals surface area contributed by atoms with Crippen molar-refractivity contribution in [1.29, 1.82) is 0 Å². The van der Waals surface area contributed by atoms with Gasteiger partial charge in [-0.2, -0.15) is 26.3 Å². The molecule has 0 fully saturated rings. The van der Waals surface area contributed by atoms with Gasteiger partial charge >= 0.3 is 12.4 Å². The van der Waals surface area contributed by atoms with E-state index in [-0.39, 0.29) is 30.9 Å². The summed E-state index contributed by atoms with van der Waals surface area (Å²) in [4.78, 5) is 0. The Hall–Kier alpha value is -2.74. The van der Waals surface area contributed by atoms with Gasteiger partial charge in [0.1, 0.15) is 0 Å². The molecule has 2 aromatic carbocycles. The number of alkyl halides is 6. The van der Waals surface area contributed by atoms with Crippen LogP contribution in [0.15, 0.2) is 60.7 Å². The van der Waals surface area contributed by atoms with Crippen molar-refractivity contribution in [2.24, 2.45) is 0 Å². The van der Waals surface area contributed by atoms with Crippen molar-refractivity contribution in [3.8, 4) is 0 Å². The molecule has 1 unspecified atom stereocenters. The molecule has 3 aromatic rings. The highest BCUT2D eigenvalue weighted by Crippen LogP contribution is 2.36. The number of hydrogen-bond donors (Lipinski definition) is 0. The average Bonchev–Trinajstić information content (AvgIpc) is 3.03. The molecule has 0 saturated carbocycles. The van der Waals surface area contributed by atoms with Crippen molar-refractivity contribution in [1.82, 2.24) is 4.57 Å². The molecular weight excluding hydrogens is 420 g/mol. The van der Waals surface area contributed by atoms with Crippen molar-refractivity contribution < 1.29 is 31.1 Å². The lowest BCUT2D eigenvalue weighted by molar-refractivity contribution is -0.143. The molecule has 0 aliphatic heterocycles. The average molecular weight is 441 g/mol. The fourth-order valence-electron chi connectivity index (χ4n) is 3.56. The van der Waals surface area contributed by atoms with Gasteiger partial charge in [0.25, 0.3) is 0 Å². The molecule has 0 bridgehead atoms. The fourth-order valence-corrected chi connectivity index (χ4v) is 3.56. The third-order valence-electron chi connectivity index (χ3n) is 5.01. The minimum atomic E-state index is -4.89. The molecule has 0 N–H and O–H groups in total. The topological polar surface area (TPSA) is 14.2 Å². The Morgan fingerprint density at radius 3 is 1.77 bits per heavy atom. The minimum absolute atomic E-state index is 0.0813. The number of nitrogens with zero attached hydrogens (tertiary/aromatic N) is 1. The van der Waals surface area contributed by atoms with Crippen LogP contribution in [-0.2, 0) is 23.7 Å². The van der Waals surface area contributed by atoms with E-state index in [4.69, 9.17) is 4.74 Å². The first-order valence-corrected chi connectivity index (χ1v) is 9.52. The smallest absolute Gasteiger partial charge is 0.374 e. The number of hydrogen-bond acceptors (Lipinski definition) is 1. The van der Waals surface area contributed by atoms with Gasteiger partial charge in [0.05, 0.1) is 30.4 Å². The molecule has 0 aliphatic rings. The van der Waals surface area contributed by atoms with E-state index in [9.17, 15) is 26.3 Å². The van der Waals surface area contributed by atoms with E-state index in [0.717, 1.165) is 17.0 Å². The summed E-state index contributed by atoms with van der Waals surface area (Å²) in [7, 11) is 0. The molecule has 0 radical (unpaired) electrons. The van der Waals surface area contributed by atoms with Crippen molar-refractivity contribution >= 4 is 0 Å². The first kappa shape index (κ1) is 22.9. The largest absolute Gasteiger partial charge is 0.416 e. The molecule has 166 valence electrons. The molecule has 8 heteroatoms. The Kier molecular flexibility index (Phi) is 6.50. The first-order chi connectivity index (χ1) is 14.5. The Balaban J connectivity index is 1.86. The van der Waals surface area contributed by atoms with E-state index >= 15 is 0 Å². The highest BCUT2D eigenvalue weighted by molar-refractivity contribution is 5.33. The van der Waals surface area contributed by atoms with Crippen molar-refractivity contribution in [2.75, 3.05) is 6.61 Å². The van der Waals surface area contributed by atoms with E-state index < -0.39 is 23.5 Å². The van der Waals surface area contributed by atoms with Crippen LogP contribution >= 0.6 is 0 Å². The van der Waals surface area contributed by atoms with Crippen LogP contribution < -0.4 is 0 Å². The number of ether oxygens (including phenoxy) is 1. The van der Waals surface area contributed by atoms with Crippen LogP contribution in [-0.4, -0.2) is 11.2 Å². The number of aryl methyl sites for hydroxylation is 2. The Morgan fingerprint density at radius 2 is 1.29 bits per heavy atom. The van der Waals surface area contributed by atoms with Crippen LogP contribution in [0.5, 0.6) is 0 Å². The van der Waals surface area contributed by atoms with Crippen LogP contribution in [0.4, 0.5) is 26.3 Å². The van der Waals surface area contributed by atoms with Gasteiger partial charge in [-0.3, -0.25) is 0 Å². The van der Waals surface area contributed by atoms with Crippen molar-refractivity contribution in [3.05, 3.63) is 94.3 Å². The predicted molar refractivity (Wildman–Crippen MR) is 105 cm³/mol. The van der Waals surface area contributed by atoms with Gasteiger partial charge in [0, 0.05) is 11.4 Å². The maximum absolute atomic E-state index is 13.1. The molecule has 1 atom stereocenters. The van der Waals surface area contributed by atoms with Gasteiger partial charge < -0.3 is 9.30 Å². The van der Waals surface area contributed by atoms with Crippen LogP contribution in [0.1, 0.15) is 39.7 Å². The van der Waals surface area contributed by atoms with E-state index in [1.807, 2.05) is 60.9 Å². The second-order valence-corrected chi connectivity index (χ2v) is 7.34. The highest BCUT2D eigenvalue weighted by atomic mass is 19.4. The zero-order valence-electron chi connectivity index (χ0n) is 16.9. The predicted octanol–water partition coefficient (Wildman–Crippen LogP) is 6.95. The first-order valence-electron chi connectivity index (χ1n) is 9.52. The van der Waals surface area contributed by atoms with Gasteiger partial charge in [-0.25, -0.2) is 0 Å². The molecule has 31 heavy (non-hydrogen) atoms. The lowest BCUT2D eigenvalue weighted by atomic mass is 10.0. The van der Waals surface area contributed by atoms with Gasteiger partial charge in [-0.05, 0) is 55.3 Å². The SMILES string of the molecule is Cc1ccc(C)n1C(COCc1cc(C(F)(F)F)cc(C(F)(F)F)c1)c1ccccc1. The van der Waals surface area contributed by atoms with E-state index in [0.29, 0.717) is 12.1 Å². The van der Waals surface area contributed by atoms with Crippen LogP contribution in [0.2, 0.25) is 0 Å². The lowest BCUT2D eigenvalue weighted by Gasteiger charge is -2.23. The van der Waals surface area contributed by atoms with Gasteiger partial charge in [0.15, 0.2) is 0 Å². The third-order valence-corrected chi connectivity index (χ3v) is 5.01. The Labute approximate surface area is 176 Å². The normalized spacial score (nSPS) is 13.4. The second kappa shape index (κ2) is 8.78. The molecule has 0 aliphatic carbocycles. The number of rotatable bonds is 6. The molecule has 1 aromatic heterocycles. The summed E-state index contributed by atoms with van der Waals surface area (Å²) in [6.45, 7) is 3.55. The Bertz CT molecular complexity index is 969. The maximum Gasteiger partial charge on any atom is 0.416 e. The van der Waals surface area contributed by atoms with Gasteiger partial charge in [0.2, 0.25) is 0 Å². The van der Waals surface area contributed by atoms with Crippen LogP contribution in [0.3, 0.4) is 0 Å². The number of aromatic nitrogens is 1. The zero-order valence-corrected chi connectivity index (χ0v) is 16.9. The molecule has 3 rings (SSSR count). The van der Waals surface area contributed by atoms with Gasteiger partial charge in [-0.15, -0.1) is 0 Å². The van der Waals surface area contributed by atoms with Crippen LogP contribution in [0.25, 0.3) is 0 Å². The summed E-state index contributed by atoms with van der Waals surface area (Å²) in [6, 6.07) is 14.5. The summed E-state index contributed by atoms with van der Waals surface area (Å²) in [5.74, 6) is 0. The molecule has 0 amide bonds. The second-order valence-electron chi connectivity index (χ2n) is 7.34. The molecular formula is C23H21F6NO. The maximum atomic E-state index is 13.1. The monoisotopic (exact) mass is 441 g/mol. The van der Waals surface area contributed by atoms with E-state index in [2.05, 4.69) is 0 Å². The molecule has 0 saturated heterocycles. The lowest BCUT2D eigenvalue weighted by Crippen LogP contribution is -2.19. The van der Waals surface area contributed by atoms with E-state index in [1.54, 1.807) is 0 Å². The molecule has 2 nitrogen and oxygen atoms in total. The van der Waals surface area contributed by atoms with Crippen molar-refractivity contribution in [3.63, 3.8) is 0 Å². The quantitative estimate of drug-likeness (QED) is 0.378. The fraction of sp³-hybridized carbons (Fsp3) is 0.304. The van der Waals surface area contributed by atoms with Crippen LogP contribution in [0, 0.1) is 13.8 Å². The molecule has 1 heterocycles. The molecule has 0 spiro atoms. The minimum Gasteiger partial charge on any atom is -0.374 e. The highest BCUT2D eigenvalue weighted by Gasteiger charge is 2.36. The third kappa shape index (κ3) is 5.50. The summed E-state index contributed by atoms with van der Waals surface area (Å²) < 4.78 is 86.1. The number of benzene rings is 2. The Morgan fingerprint density at radius 1 is 0.774 bits per heavy atom. The van der Waals surface area contributed by atoms with Gasteiger partial charge in [-0.1, -0.05) is 30.3 Å². The van der Waals surface area contributed by atoms with Crippen molar-refractivity contribution in [2.45, 2.75) is 38.8 Å². The number of halogens is 6.